The minimum atomic E-state index is -0.659. The first-order valence-electron chi connectivity index (χ1n) is 9.74. The van der Waals surface area contributed by atoms with Crippen molar-refractivity contribution in [2.75, 3.05) is 18.8 Å². The van der Waals surface area contributed by atoms with Gasteiger partial charge >= 0.3 is 6.09 Å². The average molecular weight is 405 g/mol. The molecule has 0 saturated carbocycles. The lowest BCUT2D eigenvalue weighted by Crippen LogP contribution is -2.49. The zero-order chi connectivity index (χ0) is 21.8. The van der Waals surface area contributed by atoms with Crippen LogP contribution in [0.3, 0.4) is 0 Å². The maximum Gasteiger partial charge on any atom is 0.408 e. The van der Waals surface area contributed by atoms with Gasteiger partial charge in [0.25, 0.3) is 0 Å². The van der Waals surface area contributed by atoms with Crippen molar-refractivity contribution >= 4 is 23.7 Å². The molecule has 160 valence electrons. The van der Waals surface area contributed by atoms with Crippen LogP contribution in [0.4, 0.5) is 10.6 Å². The predicted octanol–water partition coefficient (Wildman–Crippen LogP) is 1.41. The van der Waals surface area contributed by atoms with Crippen molar-refractivity contribution in [3.63, 3.8) is 0 Å². The molecule has 1 saturated heterocycles. The highest BCUT2D eigenvalue weighted by Crippen LogP contribution is 2.19. The van der Waals surface area contributed by atoms with Gasteiger partial charge in [0.1, 0.15) is 24.0 Å². The lowest BCUT2D eigenvalue weighted by Gasteiger charge is -2.25. The van der Waals surface area contributed by atoms with Gasteiger partial charge in [-0.25, -0.2) is 9.78 Å². The Morgan fingerprint density at radius 2 is 1.97 bits per heavy atom. The third kappa shape index (κ3) is 6.33. The number of aromatic nitrogens is 1. The predicted molar refractivity (Wildman–Crippen MR) is 109 cm³/mol. The van der Waals surface area contributed by atoms with E-state index in [1.165, 1.54) is 4.90 Å². The summed E-state index contributed by atoms with van der Waals surface area (Å²) >= 11 is 0. The van der Waals surface area contributed by atoms with E-state index in [9.17, 15) is 14.4 Å². The van der Waals surface area contributed by atoms with Crippen LogP contribution < -0.4 is 16.4 Å². The number of alkyl carbamates (subject to hydrolysis) is 1. The van der Waals surface area contributed by atoms with Crippen LogP contribution in [-0.2, 0) is 20.9 Å². The normalized spacial score (nSPS) is 16.4. The second kappa shape index (κ2) is 9.11. The summed E-state index contributed by atoms with van der Waals surface area (Å²) in [6, 6.07) is 1.22. The lowest BCUT2D eigenvalue weighted by atomic mass is 10.1. The Bertz CT molecular complexity index is 765. The van der Waals surface area contributed by atoms with Gasteiger partial charge in [-0.2, -0.15) is 0 Å². The smallest absolute Gasteiger partial charge is 0.408 e. The summed E-state index contributed by atoms with van der Waals surface area (Å²) in [7, 11) is 0. The summed E-state index contributed by atoms with van der Waals surface area (Å²) in [6.45, 7) is 9.59. The van der Waals surface area contributed by atoms with Crippen LogP contribution in [-0.4, -0.2) is 52.5 Å². The van der Waals surface area contributed by atoms with E-state index in [4.69, 9.17) is 10.5 Å². The summed E-state index contributed by atoms with van der Waals surface area (Å²) in [5.41, 5.74) is 7.73. The second-order valence-corrected chi connectivity index (χ2v) is 8.25. The summed E-state index contributed by atoms with van der Waals surface area (Å²) < 4.78 is 5.13. The van der Waals surface area contributed by atoms with Crippen LogP contribution in [0, 0.1) is 13.8 Å². The fourth-order valence-electron chi connectivity index (χ4n) is 3.35. The maximum atomic E-state index is 12.7. The number of aryl methyl sites for hydroxylation is 2. The van der Waals surface area contributed by atoms with Crippen molar-refractivity contribution in [3.05, 3.63) is 22.9 Å². The number of nitrogen functional groups attached to an aromatic ring is 1. The molecule has 4 N–H and O–H groups in total. The molecule has 2 heterocycles. The van der Waals surface area contributed by atoms with E-state index < -0.39 is 17.7 Å². The van der Waals surface area contributed by atoms with Gasteiger partial charge < -0.3 is 26.0 Å². The number of hydrogen-bond acceptors (Lipinski definition) is 6. The van der Waals surface area contributed by atoms with Crippen molar-refractivity contribution in [3.8, 4) is 0 Å². The van der Waals surface area contributed by atoms with Crippen LogP contribution in [0.5, 0.6) is 0 Å². The number of anilines is 1. The first-order chi connectivity index (χ1) is 13.5. The molecule has 1 aliphatic heterocycles. The Morgan fingerprint density at radius 1 is 1.28 bits per heavy atom. The van der Waals surface area contributed by atoms with Crippen molar-refractivity contribution in [1.82, 2.24) is 20.5 Å². The van der Waals surface area contributed by atoms with Gasteiger partial charge in [-0.1, -0.05) is 0 Å². The van der Waals surface area contributed by atoms with Crippen LogP contribution in [0.1, 0.15) is 50.4 Å². The largest absolute Gasteiger partial charge is 0.444 e. The molecule has 9 nitrogen and oxygen atoms in total. The molecule has 1 atom stereocenters. The van der Waals surface area contributed by atoms with Crippen molar-refractivity contribution in [2.24, 2.45) is 0 Å². The summed E-state index contributed by atoms with van der Waals surface area (Å²) in [5, 5.41) is 5.35. The molecule has 0 bridgehead atoms. The maximum absolute atomic E-state index is 12.7. The minimum absolute atomic E-state index is 0.210. The van der Waals surface area contributed by atoms with Gasteiger partial charge in [-0.15, -0.1) is 0 Å². The zero-order valence-electron chi connectivity index (χ0n) is 17.8. The van der Waals surface area contributed by atoms with E-state index in [2.05, 4.69) is 15.6 Å². The average Bonchev–Trinajstić information content (AvgIpc) is 3.07. The van der Waals surface area contributed by atoms with Crippen molar-refractivity contribution < 1.29 is 19.1 Å². The number of hydrogen-bond donors (Lipinski definition) is 3. The topological polar surface area (TPSA) is 127 Å². The molecule has 3 amide bonds. The molecule has 1 aromatic heterocycles. The van der Waals surface area contributed by atoms with Gasteiger partial charge in [0.05, 0.1) is 0 Å². The molecular formula is C20H31N5O4. The Balaban J connectivity index is 1.92. The molecular weight excluding hydrogens is 374 g/mol. The van der Waals surface area contributed by atoms with E-state index in [0.717, 1.165) is 23.2 Å². The van der Waals surface area contributed by atoms with E-state index >= 15 is 0 Å². The number of rotatable bonds is 5. The third-order valence-electron chi connectivity index (χ3n) is 4.67. The quantitative estimate of drug-likeness (QED) is 0.680. The molecule has 0 aromatic carbocycles. The first kappa shape index (κ1) is 22.4. The highest BCUT2D eigenvalue weighted by atomic mass is 16.6. The van der Waals surface area contributed by atoms with Crippen LogP contribution in [0.25, 0.3) is 0 Å². The van der Waals surface area contributed by atoms with E-state index in [0.29, 0.717) is 25.3 Å². The van der Waals surface area contributed by atoms with Gasteiger partial charge in [0, 0.05) is 18.8 Å². The molecule has 0 spiro atoms. The summed E-state index contributed by atoms with van der Waals surface area (Å²) in [4.78, 5) is 42.7. The van der Waals surface area contributed by atoms with Gasteiger partial charge in [0.2, 0.25) is 11.8 Å². The number of carbonyl (C=O) groups excluding carboxylic acids is 3. The Hall–Kier alpha value is -2.84. The molecule has 0 aliphatic carbocycles. The van der Waals surface area contributed by atoms with Gasteiger partial charge in [0.15, 0.2) is 0 Å². The molecule has 2 rings (SSSR count). The number of carbonyl (C=O) groups is 3. The standard InChI is InChI=1S/C20H31N5O4/c1-12-9-16(21)24-13(2)14(12)10-22-18(27)15-7-6-8-25(15)17(26)11-23-19(28)29-20(3,4)5/h9,15H,6-8,10-11H2,1-5H3,(H2,21,24)(H,22,27)(H,23,28)/t15-/m0/s1. The van der Waals surface area contributed by atoms with Crippen molar-refractivity contribution in [1.29, 1.82) is 0 Å². The van der Waals surface area contributed by atoms with Crippen LogP contribution in [0.2, 0.25) is 0 Å². The highest BCUT2D eigenvalue weighted by Gasteiger charge is 2.34. The zero-order valence-corrected chi connectivity index (χ0v) is 17.8. The van der Waals surface area contributed by atoms with Crippen LogP contribution >= 0.6 is 0 Å². The molecule has 1 fully saturated rings. The lowest BCUT2D eigenvalue weighted by molar-refractivity contribution is -0.137. The van der Waals surface area contributed by atoms with Gasteiger partial charge in [-0.05, 0) is 64.7 Å². The fraction of sp³-hybridized carbons (Fsp3) is 0.600. The number of nitrogens with one attached hydrogen (secondary N) is 2. The number of pyridine rings is 1. The molecule has 0 radical (unpaired) electrons. The molecule has 29 heavy (non-hydrogen) atoms. The molecule has 1 aliphatic rings. The van der Waals surface area contributed by atoms with Crippen molar-refractivity contribution in [2.45, 2.75) is 65.6 Å². The Kier molecular flexibility index (Phi) is 7.05. The number of amides is 3. The number of nitrogens with two attached hydrogens (primary N) is 1. The molecule has 9 heteroatoms. The molecule has 0 unspecified atom stereocenters. The SMILES string of the molecule is Cc1cc(N)nc(C)c1CNC(=O)[C@@H]1CCCN1C(=O)CNC(=O)OC(C)(C)C. The number of ether oxygens (including phenoxy) is 1. The van der Waals surface area contributed by atoms with Gasteiger partial charge in [-0.3, -0.25) is 9.59 Å². The first-order valence-corrected chi connectivity index (χ1v) is 9.74. The monoisotopic (exact) mass is 405 g/mol. The number of nitrogens with zero attached hydrogens (tertiary/aromatic N) is 2. The molecule has 1 aromatic rings. The van der Waals surface area contributed by atoms with E-state index in [1.54, 1.807) is 26.8 Å². The Morgan fingerprint density at radius 3 is 2.59 bits per heavy atom. The highest BCUT2D eigenvalue weighted by molar-refractivity contribution is 5.90. The minimum Gasteiger partial charge on any atom is -0.444 e. The van der Waals surface area contributed by atoms with Crippen LogP contribution in [0.15, 0.2) is 6.07 Å². The van der Waals surface area contributed by atoms with E-state index in [-0.39, 0.29) is 18.4 Å². The second-order valence-electron chi connectivity index (χ2n) is 8.25. The fourth-order valence-corrected chi connectivity index (χ4v) is 3.35. The number of likely N-dealkylation sites (tertiary alicyclic amines) is 1. The summed E-state index contributed by atoms with van der Waals surface area (Å²) in [6.07, 6.45) is 0.660. The third-order valence-corrected chi connectivity index (χ3v) is 4.67. The van der Waals surface area contributed by atoms with E-state index in [1.807, 2.05) is 13.8 Å². The Labute approximate surface area is 171 Å². The summed E-state index contributed by atoms with van der Waals surface area (Å²) in [5.74, 6) is -0.0844.